The van der Waals surface area contributed by atoms with Crippen molar-refractivity contribution >= 4 is 22.5 Å². The molecule has 0 saturated carbocycles. The van der Waals surface area contributed by atoms with Crippen LogP contribution in [0.5, 0.6) is 0 Å². The first kappa shape index (κ1) is 19.2. The second-order valence-electron chi connectivity index (χ2n) is 7.97. The fraction of sp³-hybridized carbons (Fsp3) is 0.409. The van der Waals surface area contributed by atoms with Crippen molar-refractivity contribution in [1.82, 2.24) is 19.2 Å². The summed E-state index contributed by atoms with van der Waals surface area (Å²) < 4.78 is 3.14. The van der Waals surface area contributed by atoms with Crippen molar-refractivity contribution in [2.75, 3.05) is 18.4 Å². The van der Waals surface area contributed by atoms with E-state index in [-0.39, 0.29) is 23.7 Å². The number of hydrogen-bond acceptors (Lipinski definition) is 3. The van der Waals surface area contributed by atoms with Crippen LogP contribution in [0.4, 0.5) is 10.5 Å². The van der Waals surface area contributed by atoms with Gasteiger partial charge in [0.25, 0.3) is 0 Å². The van der Waals surface area contributed by atoms with Gasteiger partial charge in [-0.2, -0.15) is 5.10 Å². The molecule has 1 unspecified atom stereocenters. The minimum atomic E-state index is -0.111. The number of nitrogens with one attached hydrogen (secondary N) is 1. The summed E-state index contributed by atoms with van der Waals surface area (Å²) in [5, 5.41) is 9.67. The lowest BCUT2D eigenvalue weighted by molar-refractivity contribution is 0.190. The number of nitrogens with zero attached hydrogens (tertiary/aromatic N) is 4. The van der Waals surface area contributed by atoms with Crippen LogP contribution in [-0.2, 0) is 7.05 Å². The van der Waals surface area contributed by atoms with E-state index in [2.05, 4.69) is 10.4 Å². The molecule has 3 aromatic rings. The number of carbonyl (C=O) groups excluding carboxylic acids is 1. The monoisotopic (exact) mass is 393 g/mol. The first-order chi connectivity index (χ1) is 14.0. The number of aryl methyl sites for hydroxylation is 1. The van der Waals surface area contributed by atoms with Crippen LogP contribution in [0, 0.1) is 0 Å². The second kappa shape index (κ2) is 7.73. The Labute approximate surface area is 169 Å². The van der Waals surface area contributed by atoms with E-state index in [1.807, 2.05) is 61.2 Å². The fourth-order valence-electron chi connectivity index (χ4n) is 4.16. The topological polar surface area (TPSA) is 72.2 Å². The lowest BCUT2D eigenvalue weighted by atomic mass is 9.97. The number of likely N-dealkylation sites (tertiary alicyclic amines) is 1. The number of rotatable bonds is 3. The Morgan fingerprint density at radius 1 is 1.17 bits per heavy atom. The molecule has 7 heteroatoms. The summed E-state index contributed by atoms with van der Waals surface area (Å²) >= 11 is 0. The predicted octanol–water partition coefficient (Wildman–Crippen LogP) is 3.73. The number of benzene rings is 2. The Bertz CT molecular complexity index is 1090. The molecule has 1 aliphatic heterocycles. The van der Waals surface area contributed by atoms with Crippen LogP contribution in [-0.4, -0.2) is 38.4 Å². The molecule has 152 valence electrons. The van der Waals surface area contributed by atoms with Gasteiger partial charge in [-0.05, 0) is 38.1 Å². The van der Waals surface area contributed by atoms with Gasteiger partial charge in [-0.25, -0.2) is 14.3 Å². The van der Waals surface area contributed by atoms with E-state index in [9.17, 15) is 9.59 Å². The fourth-order valence-corrected chi connectivity index (χ4v) is 4.16. The maximum Gasteiger partial charge on any atom is 0.345 e. The Hall–Kier alpha value is -3.09. The molecule has 2 amide bonds. The zero-order chi connectivity index (χ0) is 20.5. The molecule has 0 spiro atoms. The molecule has 0 radical (unpaired) electrons. The van der Waals surface area contributed by atoms with Crippen molar-refractivity contribution in [2.24, 2.45) is 7.05 Å². The second-order valence-corrected chi connectivity index (χ2v) is 7.97. The van der Waals surface area contributed by atoms with Crippen LogP contribution in [0.25, 0.3) is 10.8 Å². The highest BCUT2D eigenvalue weighted by molar-refractivity contribution is 6.01. The molecule has 0 aliphatic carbocycles. The zero-order valence-electron chi connectivity index (χ0n) is 17.1. The first-order valence-electron chi connectivity index (χ1n) is 10.1. The molecular formula is C22H27N5O2. The third-order valence-corrected chi connectivity index (χ3v) is 5.60. The molecule has 0 bridgehead atoms. The highest BCUT2D eigenvalue weighted by atomic mass is 16.2. The highest BCUT2D eigenvalue weighted by Gasteiger charge is 2.30. The number of urea groups is 1. The molecule has 1 N–H and O–H groups in total. The molecule has 2 heterocycles. The Kier molecular flexibility index (Phi) is 5.13. The molecule has 1 aromatic heterocycles. The van der Waals surface area contributed by atoms with Crippen molar-refractivity contribution < 1.29 is 4.79 Å². The van der Waals surface area contributed by atoms with Gasteiger partial charge in [0.1, 0.15) is 5.82 Å². The minimum absolute atomic E-state index is 0.0334. The molecule has 1 aliphatic rings. The lowest BCUT2D eigenvalue weighted by Crippen LogP contribution is -2.42. The Balaban J connectivity index is 1.55. The number of hydrogen-bond donors (Lipinski definition) is 1. The van der Waals surface area contributed by atoms with Gasteiger partial charge in [0.05, 0.1) is 5.69 Å². The normalized spacial score (nSPS) is 17.1. The summed E-state index contributed by atoms with van der Waals surface area (Å²) in [6.45, 7) is 5.23. The summed E-state index contributed by atoms with van der Waals surface area (Å²) in [7, 11) is 1.68. The van der Waals surface area contributed by atoms with Crippen molar-refractivity contribution in [3.05, 3.63) is 58.8 Å². The van der Waals surface area contributed by atoms with Crippen LogP contribution in [0.2, 0.25) is 0 Å². The SMILES string of the molecule is CC(C)n1c(C2CCCN(C(=O)Nc3cccc4ccccc34)C2)nn(C)c1=O. The van der Waals surface area contributed by atoms with Crippen LogP contribution in [0.3, 0.4) is 0 Å². The summed E-state index contributed by atoms with van der Waals surface area (Å²) in [6, 6.07) is 13.8. The van der Waals surface area contributed by atoms with Crippen LogP contribution < -0.4 is 11.0 Å². The van der Waals surface area contributed by atoms with E-state index < -0.39 is 0 Å². The standard InChI is InChI=1S/C22H27N5O2/c1-15(2)27-20(24-25(3)22(27)29)17-10-7-13-26(14-17)21(28)23-19-12-6-9-16-8-4-5-11-18(16)19/h4-6,8-9,11-12,15,17H,7,10,13-14H2,1-3H3,(H,23,28). The number of amides is 2. The van der Waals surface area contributed by atoms with E-state index in [0.29, 0.717) is 13.1 Å². The van der Waals surface area contributed by atoms with Gasteiger partial charge in [0.2, 0.25) is 0 Å². The van der Waals surface area contributed by atoms with E-state index in [1.165, 1.54) is 4.68 Å². The van der Waals surface area contributed by atoms with E-state index in [0.717, 1.165) is 35.1 Å². The van der Waals surface area contributed by atoms with Crippen molar-refractivity contribution in [3.63, 3.8) is 0 Å². The largest absolute Gasteiger partial charge is 0.345 e. The average Bonchev–Trinajstić information content (AvgIpc) is 3.03. The summed E-state index contributed by atoms with van der Waals surface area (Å²) in [5.41, 5.74) is 0.708. The molecule has 29 heavy (non-hydrogen) atoms. The van der Waals surface area contributed by atoms with Gasteiger partial charge >= 0.3 is 11.7 Å². The van der Waals surface area contributed by atoms with Crippen molar-refractivity contribution in [1.29, 1.82) is 0 Å². The van der Waals surface area contributed by atoms with Crippen molar-refractivity contribution in [3.8, 4) is 0 Å². The first-order valence-corrected chi connectivity index (χ1v) is 10.1. The van der Waals surface area contributed by atoms with Gasteiger partial charge in [0, 0.05) is 37.5 Å². The predicted molar refractivity (Wildman–Crippen MR) is 114 cm³/mol. The molecule has 4 rings (SSSR count). The number of piperidine rings is 1. The number of aromatic nitrogens is 3. The van der Waals surface area contributed by atoms with Crippen LogP contribution in [0.15, 0.2) is 47.3 Å². The van der Waals surface area contributed by atoms with E-state index in [1.54, 1.807) is 11.6 Å². The van der Waals surface area contributed by atoms with Gasteiger partial charge in [0.15, 0.2) is 0 Å². The molecule has 2 aromatic carbocycles. The van der Waals surface area contributed by atoms with Crippen LogP contribution >= 0.6 is 0 Å². The van der Waals surface area contributed by atoms with Crippen LogP contribution in [0.1, 0.15) is 44.5 Å². The van der Waals surface area contributed by atoms with Gasteiger partial charge < -0.3 is 10.2 Å². The Morgan fingerprint density at radius 2 is 1.93 bits per heavy atom. The van der Waals surface area contributed by atoms with Gasteiger partial charge in [-0.3, -0.25) is 4.57 Å². The molecular weight excluding hydrogens is 366 g/mol. The van der Waals surface area contributed by atoms with E-state index in [4.69, 9.17) is 0 Å². The summed E-state index contributed by atoms with van der Waals surface area (Å²) in [4.78, 5) is 27.3. The number of carbonyl (C=O) groups is 1. The van der Waals surface area contributed by atoms with E-state index >= 15 is 0 Å². The third kappa shape index (κ3) is 3.64. The molecule has 1 atom stereocenters. The third-order valence-electron chi connectivity index (χ3n) is 5.60. The number of fused-ring (bicyclic) bond motifs is 1. The highest BCUT2D eigenvalue weighted by Crippen LogP contribution is 2.28. The number of anilines is 1. The summed E-state index contributed by atoms with van der Waals surface area (Å²) in [6.07, 6.45) is 1.80. The quantitative estimate of drug-likeness (QED) is 0.737. The van der Waals surface area contributed by atoms with Crippen molar-refractivity contribution in [2.45, 2.75) is 38.6 Å². The molecule has 1 fully saturated rings. The average molecular weight is 393 g/mol. The lowest BCUT2D eigenvalue weighted by Gasteiger charge is -2.32. The maximum atomic E-state index is 13.0. The van der Waals surface area contributed by atoms with Gasteiger partial charge in [-0.1, -0.05) is 36.4 Å². The summed E-state index contributed by atoms with van der Waals surface area (Å²) in [5.74, 6) is 0.827. The smallest absolute Gasteiger partial charge is 0.324 e. The molecule has 7 nitrogen and oxygen atoms in total. The molecule has 1 saturated heterocycles. The Morgan fingerprint density at radius 3 is 2.72 bits per heavy atom. The maximum absolute atomic E-state index is 13.0. The zero-order valence-corrected chi connectivity index (χ0v) is 17.1. The minimum Gasteiger partial charge on any atom is -0.324 e. The van der Waals surface area contributed by atoms with Gasteiger partial charge in [-0.15, -0.1) is 0 Å².